The summed E-state index contributed by atoms with van der Waals surface area (Å²) in [6, 6.07) is 6.32. The molecule has 1 heterocycles. The van der Waals surface area contributed by atoms with Crippen LogP contribution in [0.1, 0.15) is 32.6 Å². The van der Waals surface area contributed by atoms with Crippen LogP contribution in [0.5, 0.6) is 0 Å². The molecule has 0 amide bonds. The first-order valence-electron chi connectivity index (χ1n) is 5.58. The fourth-order valence-corrected chi connectivity index (χ4v) is 2.79. The molecule has 2 rings (SSSR count). The van der Waals surface area contributed by atoms with Crippen molar-refractivity contribution in [2.75, 3.05) is 0 Å². The maximum atomic E-state index is 5.69. The summed E-state index contributed by atoms with van der Waals surface area (Å²) in [5.74, 6) is 5.69. The monoisotopic (exact) mass is 247 g/mol. The van der Waals surface area contributed by atoms with Gasteiger partial charge < -0.3 is 0 Å². The van der Waals surface area contributed by atoms with Crippen LogP contribution in [-0.4, -0.2) is 4.98 Å². The average Bonchev–Trinajstić information content (AvgIpc) is 2.72. The maximum absolute atomic E-state index is 5.69. The van der Waals surface area contributed by atoms with Crippen LogP contribution in [0.3, 0.4) is 0 Å². The van der Waals surface area contributed by atoms with Crippen molar-refractivity contribution in [1.82, 2.24) is 10.4 Å². The number of hydrazine groups is 1. The van der Waals surface area contributed by atoms with Crippen LogP contribution < -0.4 is 11.3 Å². The molecule has 1 unspecified atom stereocenters. The molecule has 0 spiro atoms. The highest BCUT2D eigenvalue weighted by molar-refractivity contribution is 7.11. The van der Waals surface area contributed by atoms with Gasteiger partial charge in [0.25, 0.3) is 0 Å². The highest BCUT2D eigenvalue weighted by atomic mass is 32.1. The van der Waals surface area contributed by atoms with Gasteiger partial charge in [0.05, 0.1) is 11.0 Å². The molecule has 90 valence electrons. The lowest BCUT2D eigenvalue weighted by Crippen LogP contribution is -2.28. The Bertz CT molecular complexity index is 519. The number of nitrogens with one attached hydrogen (secondary N) is 1. The number of nitrogens with zero attached hydrogens (tertiary/aromatic N) is 1. The first-order chi connectivity index (χ1) is 8.13. The van der Waals surface area contributed by atoms with Crippen LogP contribution in [0, 0.1) is 20.8 Å². The average molecular weight is 247 g/mol. The molecule has 0 aliphatic carbocycles. The summed E-state index contributed by atoms with van der Waals surface area (Å²) < 4.78 is 0. The Morgan fingerprint density at radius 3 is 2.65 bits per heavy atom. The van der Waals surface area contributed by atoms with Crippen molar-refractivity contribution in [2.24, 2.45) is 5.84 Å². The molecule has 0 aliphatic rings. The van der Waals surface area contributed by atoms with Crippen LogP contribution >= 0.6 is 11.3 Å². The molecule has 3 N–H and O–H groups in total. The molecule has 0 saturated heterocycles. The molecule has 4 heteroatoms. The van der Waals surface area contributed by atoms with E-state index in [1.54, 1.807) is 11.3 Å². The number of rotatable bonds is 3. The standard InChI is InChI=1S/C13H17N3S/c1-8-5-4-6-11(9(8)2)13(16-14)12-7-15-10(3)17-12/h4-7,13,16H,14H2,1-3H3. The molecular weight excluding hydrogens is 230 g/mol. The summed E-state index contributed by atoms with van der Waals surface area (Å²) in [6.07, 6.45) is 1.90. The van der Waals surface area contributed by atoms with Gasteiger partial charge in [-0.3, -0.25) is 5.84 Å². The fraction of sp³-hybridized carbons (Fsp3) is 0.308. The van der Waals surface area contributed by atoms with Gasteiger partial charge in [-0.2, -0.15) is 0 Å². The van der Waals surface area contributed by atoms with Crippen molar-refractivity contribution in [3.63, 3.8) is 0 Å². The number of nitrogens with two attached hydrogens (primary N) is 1. The molecule has 0 saturated carbocycles. The highest BCUT2D eigenvalue weighted by Gasteiger charge is 2.17. The summed E-state index contributed by atoms with van der Waals surface area (Å²) in [7, 11) is 0. The second-order valence-corrected chi connectivity index (χ2v) is 5.44. The van der Waals surface area contributed by atoms with Crippen molar-refractivity contribution in [3.05, 3.63) is 51.0 Å². The first kappa shape index (κ1) is 12.2. The normalized spacial score (nSPS) is 12.7. The Balaban J connectivity index is 2.45. The first-order valence-corrected chi connectivity index (χ1v) is 6.39. The second-order valence-electron chi connectivity index (χ2n) is 4.17. The minimum absolute atomic E-state index is 0.0288. The van der Waals surface area contributed by atoms with Gasteiger partial charge in [0.2, 0.25) is 0 Å². The van der Waals surface area contributed by atoms with Gasteiger partial charge in [-0.25, -0.2) is 10.4 Å². The number of benzene rings is 1. The van der Waals surface area contributed by atoms with Crippen LogP contribution in [0.15, 0.2) is 24.4 Å². The molecule has 0 bridgehead atoms. The van der Waals surface area contributed by atoms with Crippen LogP contribution in [0.25, 0.3) is 0 Å². The molecule has 0 radical (unpaired) electrons. The third kappa shape index (κ3) is 2.39. The molecule has 1 atom stereocenters. The lowest BCUT2D eigenvalue weighted by molar-refractivity contribution is 0.641. The third-order valence-corrected chi connectivity index (χ3v) is 4.03. The molecule has 3 nitrogen and oxygen atoms in total. The zero-order chi connectivity index (χ0) is 12.4. The lowest BCUT2D eigenvalue weighted by atomic mass is 9.97. The van der Waals surface area contributed by atoms with E-state index in [0.717, 1.165) is 9.88 Å². The maximum Gasteiger partial charge on any atom is 0.0897 e. The van der Waals surface area contributed by atoms with Gasteiger partial charge in [0.15, 0.2) is 0 Å². The van der Waals surface area contributed by atoms with Crippen molar-refractivity contribution in [3.8, 4) is 0 Å². The molecule has 0 aliphatic heterocycles. The topological polar surface area (TPSA) is 50.9 Å². The van der Waals surface area contributed by atoms with Gasteiger partial charge in [-0.15, -0.1) is 11.3 Å². The quantitative estimate of drug-likeness (QED) is 0.647. The van der Waals surface area contributed by atoms with Crippen LogP contribution in [-0.2, 0) is 0 Å². The number of aryl methyl sites for hydroxylation is 2. The van der Waals surface area contributed by atoms with Crippen LogP contribution in [0.2, 0.25) is 0 Å². The van der Waals surface area contributed by atoms with E-state index in [1.165, 1.54) is 16.7 Å². The number of aromatic nitrogens is 1. The Kier molecular flexibility index (Phi) is 3.57. The van der Waals surface area contributed by atoms with Gasteiger partial charge in [0, 0.05) is 11.1 Å². The Labute approximate surface area is 106 Å². The Morgan fingerprint density at radius 1 is 1.29 bits per heavy atom. The molecule has 1 aromatic heterocycles. The second kappa shape index (κ2) is 4.96. The molecule has 1 aromatic carbocycles. The van der Waals surface area contributed by atoms with E-state index in [1.807, 2.05) is 13.1 Å². The van der Waals surface area contributed by atoms with Crippen LogP contribution in [0.4, 0.5) is 0 Å². The van der Waals surface area contributed by atoms with Gasteiger partial charge in [0.1, 0.15) is 0 Å². The van der Waals surface area contributed by atoms with E-state index in [0.29, 0.717) is 0 Å². The summed E-state index contributed by atoms with van der Waals surface area (Å²) in [5, 5.41) is 1.06. The van der Waals surface area contributed by atoms with E-state index in [2.05, 4.69) is 42.5 Å². The van der Waals surface area contributed by atoms with E-state index in [-0.39, 0.29) is 6.04 Å². The van der Waals surface area contributed by atoms with Crippen molar-refractivity contribution < 1.29 is 0 Å². The SMILES string of the molecule is Cc1ncc(C(NN)c2cccc(C)c2C)s1. The molecule has 17 heavy (non-hydrogen) atoms. The minimum Gasteiger partial charge on any atom is -0.271 e. The van der Waals surface area contributed by atoms with Crippen molar-refractivity contribution in [1.29, 1.82) is 0 Å². The summed E-state index contributed by atoms with van der Waals surface area (Å²) in [4.78, 5) is 5.44. The summed E-state index contributed by atoms with van der Waals surface area (Å²) in [6.45, 7) is 6.25. The predicted molar refractivity (Wildman–Crippen MR) is 71.9 cm³/mol. The summed E-state index contributed by atoms with van der Waals surface area (Å²) in [5.41, 5.74) is 6.67. The van der Waals surface area contributed by atoms with Gasteiger partial charge in [-0.1, -0.05) is 18.2 Å². The third-order valence-electron chi connectivity index (χ3n) is 3.05. The smallest absolute Gasteiger partial charge is 0.0897 e. The largest absolute Gasteiger partial charge is 0.271 e. The fourth-order valence-electron chi connectivity index (χ4n) is 1.92. The zero-order valence-electron chi connectivity index (χ0n) is 10.3. The van der Waals surface area contributed by atoms with Crippen molar-refractivity contribution in [2.45, 2.75) is 26.8 Å². The van der Waals surface area contributed by atoms with Gasteiger partial charge in [-0.05, 0) is 37.5 Å². The number of hydrogen-bond acceptors (Lipinski definition) is 4. The number of hydrogen-bond donors (Lipinski definition) is 2. The highest BCUT2D eigenvalue weighted by Crippen LogP contribution is 2.29. The van der Waals surface area contributed by atoms with Gasteiger partial charge >= 0.3 is 0 Å². The molecule has 0 fully saturated rings. The summed E-state index contributed by atoms with van der Waals surface area (Å²) >= 11 is 1.68. The Morgan fingerprint density at radius 2 is 2.06 bits per heavy atom. The van der Waals surface area contributed by atoms with Crippen molar-refractivity contribution >= 4 is 11.3 Å². The van der Waals surface area contributed by atoms with E-state index in [4.69, 9.17) is 5.84 Å². The number of thiazole rings is 1. The predicted octanol–water partition coefficient (Wildman–Crippen LogP) is 2.62. The minimum atomic E-state index is 0.0288. The van der Waals surface area contributed by atoms with E-state index >= 15 is 0 Å². The van der Waals surface area contributed by atoms with E-state index < -0.39 is 0 Å². The Hall–Kier alpha value is -1.23. The van der Waals surface area contributed by atoms with E-state index in [9.17, 15) is 0 Å². The lowest BCUT2D eigenvalue weighted by Gasteiger charge is -2.18. The molecule has 2 aromatic rings. The molecular formula is C13H17N3S. The zero-order valence-corrected chi connectivity index (χ0v) is 11.1.